The van der Waals surface area contributed by atoms with E-state index in [1.54, 1.807) is 4.90 Å². The number of para-hydroxylation sites is 2. The Labute approximate surface area is 216 Å². The Bertz CT molecular complexity index is 1340. The zero-order chi connectivity index (χ0) is 24.7. The third-order valence-corrected chi connectivity index (χ3v) is 9.37. The molecule has 3 aromatic carbocycles. The lowest BCUT2D eigenvalue weighted by atomic mass is 10.00. The van der Waals surface area contributed by atoms with Crippen LogP contribution in [0.4, 0.5) is 0 Å². The lowest BCUT2D eigenvalue weighted by Crippen LogP contribution is -2.73. The second kappa shape index (κ2) is 9.31. The number of amides is 1. The first-order chi connectivity index (χ1) is 17.5. The van der Waals surface area contributed by atoms with Gasteiger partial charge >= 0.3 is 5.97 Å². The average molecular weight is 518 g/mol. The molecule has 1 amide bonds. The fourth-order valence-electron chi connectivity index (χ4n) is 4.54. The van der Waals surface area contributed by atoms with E-state index in [0.29, 0.717) is 22.1 Å². The summed E-state index contributed by atoms with van der Waals surface area (Å²) in [6.07, 6.45) is -0.599. The molecule has 4 aromatic rings. The third-order valence-electron chi connectivity index (χ3n) is 6.45. The minimum atomic E-state index is -1.11. The number of nitrogens with two attached hydrogens (primary N) is 1. The number of fused-ring (bicyclic) bond motifs is 2. The molecule has 3 atom stereocenters. The van der Waals surface area contributed by atoms with Crippen LogP contribution in [0.5, 0.6) is 0 Å². The first kappa shape index (κ1) is 23.1. The minimum absolute atomic E-state index is 0.137. The fraction of sp³-hybridized carbons (Fsp3) is 0.222. The molecular formula is C27H23N3O4S2. The number of ether oxygens (including phenoxy) is 1. The van der Waals surface area contributed by atoms with Gasteiger partial charge in [-0.3, -0.25) is 9.59 Å². The van der Waals surface area contributed by atoms with Gasteiger partial charge in [0.1, 0.15) is 21.7 Å². The van der Waals surface area contributed by atoms with Gasteiger partial charge in [-0.05, 0) is 35.0 Å². The first-order valence-electron chi connectivity index (χ1n) is 11.6. The topological polar surface area (TPSA) is 98.7 Å². The van der Waals surface area contributed by atoms with Crippen LogP contribution in [0, 0.1) is 0 Å². The van der Waals surface area contributed by atoms with Gasteiger partial charge in [-0.1, -0.05) is 72.8 Å². The van der Waals surface area contributed by atoms with Crippen LogP contribution in [-0.4, -0.2) is 50.2 Å². The van der Waals surface area contributed by atoms with Gasteiger partial charge in [-0.2, -0.15) is 0 Å². The van der Waals surface area contributed by atoms with Gasteiger partial charge in [-0.15, -0.1) is 11.8 Å². The molecule has 1 aromatic heterocycles. The van der Waals surface area contributed by atoms with Crippen molar-refractivity contribution in [1.82, 2.24) is 9.88 Å². The molecule has 2 aliphatic rings. The summed E-state index contributed by atoms with van der Waals surface area (Å²) < 4.78 is 11.1. The number of carbonyl (C=O) groups excluding carboxylic acids is 2. The van der Waals surface area contributed by atoms with Crippen LogP contribution in [0.1, 0.15) is 17.2 Å². The van der Waals surface area contributed by atoms with Gasteiger partial charge in [0.2, 0.25) is 5.91 Å². The molecule has 2 N–H and O–H groups in total. The smallest absolute Gasteiger partial charge is 0.326 e. The maximum Gasteiger partial charge on any atom is 0.326 e. The lowest BCUT2D eigenvalue weighted by molar-refractivity contribution is -0.154. The number of esters is 1. The summed E-state index contributed by atoms with van der Waals surface area (Å²) in [5, 5.41) is 0.224. The number of rotatable bonds is 6. The van der Waals surface area contributed by atoms with Crippen molar-refractivity contribution >= 4 is 46.5 Å². The molecule has 0 radical (unpaired) electrons. The van der Waals surface area contributed by atoms with Gasteiger partial charge in [-0.25, -0.2) is 4.98 Å². The number of thioether (sulfide) groups is 2. The number of hydrogen-bond acceptors (Lipinski definition) is 8. The number of benzene rings is 3. The Morgan fingerprint density at radius 2 is 1.69 bits per heavy atom. The summed E-state index contributed by atoms with van der Waals surface area (Å²) in [5.41, 5.74) is 9.08. The standard InChI is InChI=1S/C27H23N3O4S2/c28-21-23(31)30-15-27(16-35-24(21)30,36-26-29-19-13-7-8-14-20(19)33-26)25(32)34-22(17-9-3-1-4-10-17)18-11-5-2-6-12-18/h1-14,21-22,24H,15-16,28H2/t21?,24-,27?/m1/s1. The highest BCUT2D eigenvalue weighted by Crippen LogP contribution is 2.47. The van der Waals surface area contributed by atoms with Gasteiger partial charge in [0.05, 0.1) is 0 Å². The highest BCUT2D eigenvalue weighted by molar-refractivity contribution is 8.04. The van der Waals surface area contributed by atoms with E-state index in [2.05, 4.69) is 4.98 Å². The molecule has 2 saturated heterocycles. The van der Waals surface area contributed by atoms with Crippen LogP contribution >= 0.6 is 23.5 Å². The van der Waals surface area contributed by atoms with Crippen LogP contribution in [0.3, 0.4) is 0 Å². The molecule has 6 rings (SSSR count). The number of hydrogen-bond donors (Lipinski definition) is 1. The van der Waals surface area contributed by atoms with Crippen molar-refractivity contribution in [2.75, 3.05) is 12.3 Å². The Kier molecular flexibility index (Phi) is 5.99. The maximum atomic E-state index is 14.1. The number of nitrogens with zero attached hydrogens (tertiary/aromatic N) is 2. The second-order valence-electron chi connectivity index (χ2n) is 8.84. The van der Waals surface area contributed by atoms with E-state index in [1.165, 1.54) is 23.5 Å². The molecule has 0 spiro atoms. The third kappa shape index (κ3) is 4.07. The fourth-order valence-corrected chi connectivity index (χ4v) is 7.26. The number of oxazole rings is 1. The van der Waals surface area contributed by atoms with Gasteiger partial charge in [0.15, 0.2) is 11.7 Å². The van der Waals surface area contributed by atoms with Gasteiger partial charge < -0.3 is 19.8 Å². The molecule has 3 heterocycles. The Hall–Kier alpha value is -3.27. The average Bonchev–Trinajstić information content (AvgIpc) is 3.34. The van der Waals surface area contributed by atoms with Crippen molar-refractivity contribution in [3.05, 3.63) is 96.1 Å². The normalized spacial score (nSPS) is 23.4. The quantitative estimate of drug-likeness (QED) is 0.300. The predicted molar refractivity (Wildman–Crippen MR) is 139 cm³/mol. The van der Waals surface area contributed by atoms with Crippen LogP contribution < -0.4 is 5.73 Å². The van der Waals surface area contributed by atoms with Crippen LogP contribution in [0.25, 0.3) is 11.1 Å². The second-order valence-corrected chi connectivity index (χ2v) is 11.3. The zero-order valence-corrected chi connectivity index (χ0v) is 20.8. The molecule has 7 nitrogen and oxygen atoms in total. The number of aromatic nitrogens is 1. The van der Waals surface area contributed by atoms with Crippen molar-refractivity contribution in [2.24, 2.45) is 5.73 Å². The molecule has 36 heavy (non-hydrogen) atoms. The Balaban J connectivity index is 1.35. The summed E-state index contributed by atoms with van der Waals surface area (Å²) in [4.78, 5) is 32.9. The zero-order valence-electron chi connectivity index (χ0n) is 19.2. The highest BCUT2D eigenvalue weighted by Gasteiger charge is 2.57. The van der Waals surface area contributed by atoms with Crippen molar-refractivity contribution < 1.29 is 18.7 Å². The summed E-state index contributed by atoms with van der Waals surface area (Å²) in [6.45, 7) is 0.176. The lowest BCUT2D eigenvalue weighted by Gasteiger charge is -2.52. The predicted octanol–water partition coefficient (Wildman–Crippen LogP) is 4.23. The number of carbonyl (C=O) groups is 2. The van der Waals surface area contributed by atoms with Crippen LogP contribution in [0.2, 0.25) is 0 Å². The van der Waals surface area contributed by atoms with Crippen molar-refractivity contribution in [2.45, 2.75) is 27.5 Å². The van der Waals surface area contributed by atoms with E-state index in [-0.39, 0.29) is 17.8 Å². The van der Waals surface area contributed by atoms with Crippen molar-refractivity contribution in [3.63, 3.8) is 0 Å². The molecule has 9 heteroatoms. The van der Waals surface area contributed by atoms with Gasteiger partial charge in [0, 0.05) is 12.3 Å². The molecule has 0 bridgehead atoms. The van der Waals surface area contributed by atoms with Crippen molar-refractivity contribution in [3.8, 4) is 0 Å². The summed E-state index contributed by atoms with van der Waals surface area (Å²) in [5.74, 6) is -0.176. The largest absolute Gasteiger partial charge is 0.451 e. The van der Waals surface area contributed by atoms with Gasteiger partial charge in [0.25, 0.3) is 5.22 Å². The van der Waals surface area contributed by atoms with E-state index < -0.39 is 22.9 Å². The van der Waals surface area contributed by atoms with E-state index in [4.69, 9.17) is 14.9 Å². The maximum absolute atomic E-state index is 14.1. The Morgan fingerprint density at radius 3 is 2.36 bits per heavy atom. The SMILES string of the molecule is NC1C(=O)N2CC(Sc3nc4ccccc4o3)(C(=O)OC(c3ccccc3)c3ccccc3)CS[C@H]12. The van der Waals surface area contributed by atoms with E-state index in [9.17, 15) is 9.59 Å². The number of β-lactam (4-membered cyclic amide) rings is 1. The molecule has 0 aliphatic carbocycles. The van der Waals surface area contributed by atoms with E-state index in [1.807, 2.05) is 84.9 Å². The first-order valence-corrected chi connectivity index (χ1v) is 13.4. The Morgan fingerprint density at radius 1 is 1.06 bits per heavy atom. The summed E-state index contributed by atoms with van der Waals surface area (Å²) >= 11 is 2.71. The molecule has 182 valence electrons. The minimum Gasteiger partial charge on any atom is -0.451 e. The highest BCUT2D eigenvalue weighted by atomic mass is 32.2. The van der Waals surface area contributed by atoms with Crippen LogP contribution in [-0.2, 0) is 14.3 Å². The molecule has 0 saturated carbocycles. The molecular weight excluding hydrogens is 494 g/mol. The van der Waals surface area contributed by atoms with Crippen molar-refractivity contribution in [1.29, 1.82) is 0 Å². The molecule has 2 fully saturated rings. The van der Waals surface area contributed by atoms with E-state index >= 15 is 0 Å². The summed E-state index contributed by atoms with van der Waals surface area (Å²) in [6, 6.07) is 26.2. The van der Waals surface area contributed by atoms with Crippen LogP contribution in [0.15, 0.2) is 94.6 Å². The summed E-state index contributed by atoms with van der Waals surface area (Å²) in [7, 11) is 0. The molecule has 2 unspecified atom stereocenters. The monoisotopic (exact) mass is 517 g/mol. The molecule has 2 aliphatic heterocycles. The van der Waals surface area contributed by atoms with E-state index in [0.717, 1.165) is 11.1 Å².